The fraction of sp³-hybridized carbons (Fsp3) is 0.214. The van der Waals surface area contributed by atoms with E-state index in [2.05, 4.69) is 189 Å². The van der Waals surface area contributed by atoms with Gasteiger partial charge in [0.05, 0.1) is 44.8 Å². The summed E-state index contributed by atoms with van der Waals surface area (Å²) in [5, 5.41) is 7.28. The Kier molecular flexibility index (Phi) is 8.84. The lowest BCUT2D eigenvalue weighted by Crippen LogP contribution is -2.17. The van der Waals surface area contributed by atoms with Gasteiger partial charge in [-0.1, -0.05) is 152 Å². The van der Waals surface area contributed by atoms with Gasteiger partial charge in [0, 0.05) is 22.0 Å². The summed E-state index contributed by atoms with van der Waals surface area (Å²) in [6.07, 6.45) is 1.86. The van der Waals surface area contributed by atoms with E-state index in [-0.39, 0.29) is 10.8 Å². The lowest BCUT2D eigenvalue weighted by atomic mass is 9.79. The number of hydrogen-bond acceptors (Lipinski definition) is 4. The minimum atomic E-state index is -0.259. The quantitative estimate of drug-likeness (QED) is 0.158. The average Bonchev–Trinajstić information content (AvgIpc) is 3.26. The maximum Gasteiger partial charge on any atom is 0.0936 e. The number of aromatic nitrogens is 4. The van der Waals surface area contributed by atoms with E-state index in [9.17, 15) is 0 Å². The Hall–Kier alpha value is -6.52. The molecule has 0 bridgehead atoms. The molecular weight excluding hydrogens is 729 g/mol. The summed E-state index contributed by atoms with van der Waals surface area (Å²) in [5.74, 6) is 0. The lowest BCUT2D eigenvalue weighted by molar-refractivity contribution is 0.571. The van der Waals surface area contributed by atoms with Gasteiger partial charge in [0.1, 0.15) is 0 Å². The SMILES string of the molecule is CCc1ccccc1-c1cc2c(-c3nc4ccccc4nc3C(C)(C)C)ccc3c(-c4ccccc4CC)cc4c(-c5nc6ccccc6nc5C(C)(C)C)ccc1c4c32. The number of hydrogen-bond donors (Lipinski definition) is 0. The van der Waals surface area contributed by atoms with Crippen LogP contribution in [0.5, 0.6) is 0 Å². The minimum absolute atomic E-state index is 0.259. The van der Waals surface area contributed by atoms with Gasteiger partial charge in [-0.3, -0.25) is 0 Å². The predicted molar refractivity (Wildman–Crippen MR) is 254 cm³/mol. The van der Waals surface area contributed by atoms with Gasteiger partial charge in [-0.15, -0.1) is 0 Å². The van der Waals surface area contributed by atoms with E-state index in [0.29, 0.717) is 0 Å². The molecule has 4 nitrogen and oxygen atoms in total. The Morgan fingerprint density at radius 2 is 0.700 bits per heavy atom. The van der Waals surface area contributed by atoms with Gasteiger partial charge in [-0.2, -0.15) is 0 Å². The van der Waals surface area contributed by atoms with E-state index >= 15 is 0 Å². The van der Waals surface area contributed by atoms with Crippen molar-refractivity contribution in [1.29, 1.82) is 0 Å². The molecule has 10 aromatic rings. The zero-order valence-corrected chi connectivity index (χ0v) is 35.9. The van der Waals surface area contributed by atoms with Gasteiger partial charge >= 0.3 is 0 Å². The first-order valence-corrected chi connectivity index (χ1v) is 21.4. The van der Waals surface area contributed by atoms with Crippen molar-refractivity contribution >= 4 is 54.4 Å². The highest BCUT2D eigenvalue weighted by molar-refractivity contribution is 6.33. The van der Waals surface area contributed by atoms with Crippen molar-refractivity contribution in [2.45, 2.75) is 79.1 Å². The van der Waals surface area contributed by atoms with Crippen LogP contribution < -0.4 is 0 Å². The zero-order chi connectivity index (χ0) is 41.5. The molecule has 10 rings (SSSR count). The third-order valence-corrected chi connectivity index (χ3v) is 12.3. The second kappa shape index (κ2) is 14.1. The van der Waals surface area contributed by atoms with Crippen LogP contribution in [0.25, 0.3) is 99.2 Å². The molecule has 0 saturated carbocycles. The third-order valence-electron chi connectivity index (χ3n) is 12.3. The molecule has 0 fully saturated rings. The van der Waals surface area contributed by atoms with Gasteiger partial charge in [-0.25, -0.2) is 19.9 Å². The summed E-state index contributed by atoms with van der Waals surface area (Å²) < 4.78 is 0. The molecule has 0 spiro atoms. The van der Waals surface area contributed by atoms with Crippen LogP contribution in [0, 0.1) is 0 Å². The first-order chi connectivity index (χ1) is 28.9. The van der Waals surface area contributed by atoms with Crippen LogP contribution in [-0.2, 0) is 23.7 Å². The van der Waals surface area contributed by atoms with Gasteiger partial charge in [0.15, 0.2) is 0 Å². The van der Waals surface area contributed by atoms with Crippen molar-refractivity contribution in [2.24, 2.45) is 0 Å². The molecular formula is C56H50N4. The smallest absolute Gasteiger partial charge is 0.0936 e. The largest absolute Gasteiger partial charge is 0.248 e. The highest BCUT2D eigenvalue weighted by Gasteiger charge is 2.29. The number of para-hydroxylation sites is 4. The Bertz CT molecular complexity index is 3080. The monoisotopic (exact) mass is 778 g/mol. The van der Waals surface area contributed by atoms with Crippen molar-refractivity contribution in [2.75, 3.05) is 0 Å². The molecule has 2 heterocycles. The average molecular weight is 779 g/mol. The van der Waals surface area contributed by atoms with Crippen molar-refractivity contribution in [3.8, 4) is 44.8 Å². The summed E-state index contributed by atoms with van der Waals surface area (Å²) in [6.45, 7) is 18.0. The van der Waals surface area contributed by atoms with Crippen LogP contribution in [-0.4, -0.2) is 19.9 Å². The number of rotatable bonds is 6. The Morgan fingerprint density at radius 3 is 1.07 bits per heavy atom. The molecule has 0 aliphatic heterocycles. The Labute approximate surface area is 352 Å². The van der Waals surface area contributed by atoms with Gasteiger partial charge in [0.2, 0.25) is 0 Å². The second-order valence-corrected chi connectivity index (χ2v) is 18.4. The summed E-state index contributed by atoms with van der Waals surface area (Å²) in [7, 11) is 0. The number of fused-ring (bicyclic) bond motifs is 2. The molecule has 0 N–H and O–H groups in total. The van der Waals surface area contributed by atoms with Crippen LogP contribution in [0.15, 0.2) is 133 Å². The fourth-order valence-corrected chi connectivity index (χ4v) is 9.43. The van der Waals surface area contributed by atoms with Crippen LogP contribution in [0.3, 0.4) is 0 Å². The molecule has 4 heteroatoms. The van der Waals surface area contributed by atoms with Crippen LogP contribution in [0.2, 0.25) is 0 Å². The summed E-state index contributed by atoms with van der Waals surface area (Å²) >= 11 is 0. The molecule has 294 valence electrons. The van der Waals surface area contributed by atoms with Crippen molar-refractivity contribution < 1.29 is 0 Å². The van der Waals surface area contributed by atoms with Gasteiger partial charge in [0.25, 0.3) is 0 Å². The summed E-state index contributed by atoms with van der Waals surface area (Å²) in [4.78, 5) is 21.7. The molecule has 0 aliphatic rings. The molecule has 0 atom stereocenters. The standard InChI is InChI=1S/C56H50N4/c1-9-33-19-11-13-21-35(33)41-31-43-39(51-53(55(3,4)5)59-47-25-17-15-23-45(47)57-51)30-28-38-42(36-22-14-12-20-34(36)10-2)32-44-40(29-27-37(41)49(44)50(38)43)52-54(56(6,7)8)60-48-26-18-16-24-46(48)58-52/h11-32H,9-10H2,1-8H3. The fourth-order valence-electron chi connectivity index (χ4n) is 9.43. The molecule has 0 aliphatic carbocycles. The Balaban J connectivity index is 1.45. The molecule has 0 amide bonds. The topological polar surface area (TPSA) is 51.6 Å². The normalized spacial score (nSPS) is 12.5. The molecule has 0 radical (unpaired) electrons. The minimum Gasteiger partial charge on any atom is -0.248 e. The van der Waals surface area contributed by atoms with Crippen molar-refractivity contribution in [3.05, 3.63) is 156 Å². The maximum atomic E-state index is 5.49. The number of aryl methyl sites for hydroxylation is 2. The molecule has 8 aromatic carbocycles. The van der Waals surface area contributed by atoms with Gasteiger partial charge in [-0.05, 0) is 115 Å². The van der Waals surface area contributed by atoms with E-state index in [4.69, 9.17) is 19.9 Å². The van der Waals surface area contributed by atoms with Crippen LogP contribution >= 0.6 is 0 Å². The van der Waals surface area contributed by atoms with E-state index in [1.807, 2.05) is 0 Å². The summed E-state index contributed by atoms with van der Waals surface area (Å²) in [5.41, 5.74) is 16.7. The lowest BCUT2D eigenvalue weighted by Gasteiger charge is -2.26. The van der Waals surface area contributed by atoms with E-state index in [0.717, 1.165) is 68.8 Å². The zero-order valence-electron chi connectivity index (χ0n) is 35.9. The molecule has 0 saturated heterocycles. The summed E-state index contributed by atoms with van der Waals surface area (Å²) in [6, 6.07) is 48.6. The molecule has 2 aromatic heterocycles. The predicted octanol–water partition coefficient (Wildman–Crippen LogP) is 14.9. The first kappa shape index (κ1) is 37.7. The third kappa shape index (κ3) is 6.03. The number of benzene rings is 8. The Morgan fingerprint density at radius 1 is 0.350 bits per heavy atom. The van der Waals surface area contributed by atoms with Crippen LogP contribution in [0.1, 0.15) is 77.9 Å². The maximum absolute atomic E-state index is 5.49. The highest BCUT2D eigenvalue weighted by atomic mass is 14.9. The van der Waals surface area contributed by atoms with E-state index < -0.39 is 0 Å². The number of nitrogens with zero attached hydrogens (tertiary/aromatic N) is 4. The first-order valence-electron chi connectivity index (χ1n) is 21.4. The van der Waals surface area contributed by atoms with Gasteiger partial charge < -0.3 is 0 Å². The van der Waals surface area contributed by atoms with Crippen LogP contribution in [0.4, 0.5) is 0 Å². The second-order valence-electron chi connectivity index (χ2n) is 18.4. The van der Waals surface area contributed by atoms with E-state index in [1.54, 1.807) is 0 Å². The van der Waals surface area contributed by atoms with Crippen molar-refractivity contribution in [1.82, 2.24) is 19.9 Å². The molecule has 60 heavy (non-hydrogen) atoms. The highest BCUT2D eigenvalue weighted by Crippen LogP contribution is 2.51. The molecule has 0 unspecified atom stereocenters. The van der Waals surface area contributed by atoms with Crippen molar-refractivity contribution in [3.63, 3.8) is 0 Å². The van der Waals surface area contributed by atoms with E-state index in [1.165, 1.54) is 65.7 Å².